The average molecular weight is 557 g/mol. The van der Waals surface area contributed by atoms with E-state index in [1.807, 2.05) is 67.6 Å². The second kappa shape index (κ2) is 12.2. The zero-order valence-electron chi connectivity index (χ0n) is 20.1. The number of rotatable bonds is 10. The molecule has 0 aliphatic carbocycles. The predicted octanol–water partition coefficient (Wildman–Crippen LogP) is 6.71. The van der Waals surface area contributed by atoms with Crippen LogP contribution >= 0.6 is 23.2 Å². The van der Waals surface area contributed by atoms with Gasteiger partial charge in [0.25, 0.3) is 10.1 Å². The van der Waals surface area contributed by atoms with Gasteiger partial charge in [-0.15, -0.1) is 0 Å². The molecule has 0 aliphatic heterocycles. The van der Waals surface area contributed by atoms with E-state index in [2.05, 4.69) is 0 Å². The summed E-state index contributed by atoms with van der Waals surface area (Å²) in [7, 11) is -4.20. The van der Waals surface area contributed by atoms with Gasteiger partial charge in [0.05, 0.1) is 17.5 Å². The van der Waals surface area contributed by atoms with E-state index >= 15 is 0 Å². The van der Waals surface area contributed by atoms with E-state index in [-0.39, 0.29) is 11.5 Å². The zero-order chi connectivity index (χ0) is 26.4. The van der Waals surface area contributed by atoms with Crippen molar-refractivity contribution in [3.63, 3.8) is 0 Å². The predicted molar refractivity (Wildman–Crippen MR) is 147 cm³/mol. The first kappa shape index (κ1) is 27.3. The smallest absolute Gasteiger partial charge is 0.299 e. The van der Waals surface area contributed by atoms with Gasteiger partial charge in [0.1, 0.15) is 0 Å². The van der Waals surface area contributed by atoms with E-state index in [0.29, 0.717) is 15.6 Å². The third-order valence-corrected chi connectivity index (χ3v) is 7.61. The quantitative estimate of drug-likeness (QED) is 0.174. The van der Waals surface area contributed by atoms with Crippen molar-refractivity contribution >= 4 is 33.3 Å². The molecule has 5 nitrogen and oxygen atoms in total. The standard InChI is InChI=1S/C29H27Cl2NO4S/c1-20-12-14-26(15-13-20)37(33,34)36-29(35-19-21-16-24(30)18-25(31)17-21)28(32)27(22-8-4-2-5-9-22)23-10-6-3-7-11-23/h2-18,27-29H,19,32H2,1H3. The molecule has 8 heteroatoms. The van der Waals surface area contributed by atoms with Gasteiger partial charge in [-0.1, -0.05) is 102 Å². The number of nitrogens with two attached hydrogens (primary N) is 1. The number of aryl methyl sites for hydroxylation is 1. The maximum Gasteiger partial charge on any atom is 0.299 e. The second-order valence-corrected chi connectivity index (χ2v) is 11.1. The molecule has 0 aromatic heterocycles. The van der Waals surface area contributed by atoms with Gasteiger partial charge >= 0.3 is 0 Å². The van der Waals surface area contributed by atoms with Crippen LogP contribution in [-0.2, 0) is 25.6 Å². The van der Waals surface area contributed by atoms with Gasteiger partial charge < -0.3 is 10.5 Å². The fourth-order valence-corrected chi connectivity index (χ4v) is 5.66. The minimum absolute atomic E-state index is 0.0145. The van der Waals surface area contributed by atoms with Crippen molar-refractivity contribution < 1.29 is 17.3 Å². The summed E-state index contributed by atoms with van der Waals surface area (Å²) < 4.78 is 38.3. The molecule has 0 radical (unpaired) electrons. The average Bonchev–Trinajstić information content (AvgIpc) is 2.87. The largest absolute Gasteiger partial charge is 0.345 e. The fourth-order valence-electron chi connectivity index (χ4n) is 4.08. The van der Waals surface area contributed by atoms with Gasteiger partial charge in [-0.2, -0.15) is 8.42 Å². The Morgan fingerprint density at radius 2 is 1.30 bits per heavy atom. The van der Waals surface area contributed by atoms with Crippen LogP contribution in [0.15, 0.2) is 108 Å². The van der Waals surface area contributed by atoms with Crippen LogP contribution in [0.5, 0.6) is 0 Å². The first-order chi connectivity index (χ1) is 17.7. The molecule has 4 aromatic rings. The van der Waals surface area contributed by atoms with Gasteiger partial charge in [0.15, 0.2) is 6.29 Å². The van der Waals surface area contributed by atoms with Crippen molar-refractivity contribution in [2.45, 2.75) is 36.7 Å². The van der Waals surface area contributed by atoms with Crippen molar-refractivity contribution in [2.75, 3.05) is 0 Å². The fraction of sp³-hybridized carbons (Fsp3) is 0.172. The van der Waals surface area contributed by atoms with Gasteiger partial charge in [0, 0.05) is 16.0 Å². The Morgan fingerprint density at radius 3 is 1.81 bits per heavy atom. The molecule has 0 aliphatic rings. The van der Waals surface area contributed by atoms with Gasteiger partial charge in [-0.3, -0.25) is 0 Å². The normalized spacial score (nSPS) is 13.4. The highest BCUT2D eigenvalue weighted by Crippen LogP contribution is 2.31. The summed E-state index contributed by atoms with van der Waals surface area (Å²) in [4.78, 5) is 0.0145. The molecule has 0 saturated heterocycles. The Kier molecular flexibility index (Phi) is 9.03. The minimum atomic E-state index is -4.20. The van der Waals surface area contributed by atoms with Crippen molar-refractivity contribution in [3.8, 4) is 0 Å². The first-order valence-electron chi connectivity index (χ1n) is 11.6. The molecule has 192 valence electrons. The van der Waals surface area contributed by atoms with Crippen LogP contribution in [0.2, 0.25) is 10.0 Å². The zero-order valence-corrected chi connectivity index (χ0v) is 22.5. The summed E-state index contributed by atoms with van der Waals surface area (Å²) in [5.41, 5.74) is 10.2. The first-order valence-corrected chi connectivity index (χ1v) is 13.8. The summed E-state index contributed by atoms with van der Waals surface area (Å²) in [6, 6.07) is 29.7. The van der Waals surface area contributed by atoms with Crippen molar-refractivity contribution in [1.29, 1.82) is 0 Å². The Bertz CT molecular complexity index is 1360. The van der Waals surface area contributed by atoms with Crippen molar-refractivity contribution in [2.24, 2.45) is 5.73 Å². The summed E-state index contributed by atoms with van der Waals surface area (Å²) in [5, 5.41) is 0.873. The Morgan fingerprint density at radius 1 is 0.784 bits per heavy atom. The summed E-state index contributed by atoms with van der Waals surface area (Å²) >= 11 is 12.3. The molecule has 37 heavy (non-hydrogen) atoms. The molecule has 0 saturated carbocycles. The van der Waals surface area contributed by atoms with E-state index in [0.717, 1.165) is 16.7 Å². The molecule has 0 heterocycles. The number of halogens is 2. The second-order valence-electron chi connectivity index (χ2n) is 8.70. The lowest BCUT2D eigenvalue weighted by molar-refractivity contribution is -0.102. The topological polar surface area (TPSA) is 78.6 Å². The van der Waals surface area contributed by atoms with Crippen molar-refractivity contribution in [1.82, 2.24) is 0 Å². The Hall–Kier alpha value is -2.71. The summed E-state index contributed by atoms with van der Waals surface area (Å²) in [6.45, 7) is 1.86. The van der Waals surface area contributed by atoms with Crippen LogP contribution < -0.4 is 5.73 Å². The molecular formula is C29H27Cl2NO4S. The monoisotopic (exact) mass is 555 g/mol. The molecular weight excluding hydrogens is 529 g/mol. The van der Waals surface area contributed by atoms with E-state index in [4.69, 9.17) is 37.9 Å². The summed E-state index contributed by atoms with van der Waals surface area (Å²) in [6.07, 6.45) is -1.32. The van der Waals surface area contributed by atoms with Crippen molar-refractivity contribution in [3.05, 3.63) is 135 Å². The number of benzene rings is 4. The maximum atomic E-state index is 13.3. The van der Waals surface area contributed by atoms with E-state index in [1.54, 1.807) is 30.3 Å². The molecule has 4 rings (SSSR count). The van der Waals surface area contributed by atoms with Gasteiger partial charge in [0.2, 0.25) is 0 Å². The lowest BCUT2D eigenvalue weighted by Gasteiger charge is -2.31. The molecule has 2 atom stereocenters. The molecule has 2 N–H and O–H groups in total. The number of hydrogen-bond acceptors (Lipinski definition) is 5. The highest BCUT2D eigenvalue weighted by molar-refractivity contribution is 7.86. The van der Waals surface area contributed by atoms with Crippen LogP contribution in [0.3, 0.4) is 0 Å². The minimum Gasteiger partial charge on any atom is -0.345 e. The third-order valence-electron chi connectivity index (χ3n) is 5.88. The molecule has 4 aromatic carbocycles. The lowest BCUT2D eigenvalue weighted by Crippen LogP contribution is -2.44. The molecule has 0 bridgehead atoms. The van der Waals surface area contributed by atoms with Crippen LogP contribution in [-0.4, -0.2) is 20.7 Å². The van der Waals surface area contributed by atoms with E-state index in [9.17, 15) is 8.42 Å². The SMILES string of the molecule is Cc1ccc(S(=O)(=O)OC(OCc2cc(Cl)cc(Cl)c2)C(N)C(c2ccccc2)c2ccccc2)cc1. The molecule has 0 amide bonds. The molecule has 0 fully saturated rings. The Labute approximate surface area is 227 Å². The molecule has 2 unspecified atom stereocenters. The maximum absolute atomic E-state index is 13.3. The summed E-state index contributed by atoms with van der Waals surface area (Å²) in [5.74, 6) is -0.413. The highest BCUT2D eigenvalue weighted by Gasteiger charge is 2.34. The lowest BCUT2D eigenvalue weighted by atomic mass is 9.85. The van der Waals surface area contributed by atoms with E-state index < -0.39 is 28.4 Å². The van der Waals surface area contributed by atoms with Crippen LogP contribution in [0, 0.1) is 6.92 Å². The van der Waals surface area contributed by atoms with Crippen LogP contribution in [0.4, 0.5) is 0 Å². The molecule has 0 spiro atoms. The third kappa shape index (κ3) is 7.20. The van der Waals surface area contributed by atoms with Crippen LogP contribution in [0.1, 0.15) is 28.2 Å². The Balaban J connectivity index is 1.71. The van der Waals surface area contributed by atoms with Crippen LogP contribution in [0.25, 0.3) is 0 Å². The number of ether oxygens (including phenoxy) is 1. The van der Waals surface area contributed by atoms with Gasteiger partial charge in [-0.05, 0) is 53.9 Å². The highest BCUT2D eigenvalue weighted by atomic mass is 35.5. The van der Waals surface area contributed by atoms with E-state index in [1.165, 1.54) is 12.1 Å². The number of hydrogen-bond donors (Lipinski definition) is 1. The van der Waals surface area contributed by atoms with Gasteiger partial charge in [-0.25, -0.2) is 4.18 Å².